The number of sulfonamides is 1. The predicted molar refractivity (Wildman–Crippen MR) is 105 cm³/mol. The largest absolute Gasteiger partial charge is 0.298 e. The Labute approximate surface area is 160 Å². The standard InChI is InChI=1S/C18H14N4O3S2/c1-27(24,25)22-15-7-5-13(6-8-15)16-11-26-18(20-16)21-17(23)14-4-2-3-12(9-14)10-19/h2-9,11,22H,1H3,(H,20,21,23). The van der Waals surface area contributed by atoms with Crippen molar-refractivity contribution in [2.45, 2.75) is 0 Å². The monoisotopic (exact) mass is 398 g/mol. The van der Waals surface area contributed by atoms with Gasteiger partial charge in [0.1, 0.15) is 0 Å². The van der Waals surface area contributed by atoms with E-state index in [1.54, 1.807) is 47.8 Å². The van der Waals surface area contributed by atoms with Gasteiger partial charge < -0.3 is 0 Å². The molecule has 0 unspecified atom stereocenters. The van der Waals surface area contributed by atoms with Crippen LogP contribution in [0.4, 0.5) is 10.8 Å². The van der Waals surface area contributed by atoms with Crippen molar-refractivity contribution in [2.75, 3.05) is 16.3 Å². The molecule has 0 aliphatic carbocycles. The zero-order chi connectivity index (χ0) is 19.4. The molecule has 3 rings (SSSR count). The summed E-state index contributed by atoms with van der Waals surface area (Å²) in [7, 11) is -3.33. The van der Waals surface area contributed by atoms with Gasteiger partial charge in [0.2, 0.25) is 10.0 Å². The second-order valence-electron chi connectivity index (χ2n) is 5.64. The number of amides is 1. The van der Waals surface area contributed by atoms with E-state index < -0.39 is 10.0 Å². The van der Waals surface area contributed by atoms with E-state index in [2.05, 4.69) is 15.0 Å². The zero-order valence-electron chi connectivity index (χ0n) is 14.1. The highest BCUT2D eigenvalue weighted by Crippen LogP contribution is 2.26. The third-order valence-corrected chi connectivity index (χ3v) is 4.83. The highest BCUT2D eigenvalue weighted by atomic mass is 32.2. The Morgan fingerprint density at radius 1 is 1.19 bits per heavy atom. The van der Waals surface area contributed by atoms with Crippen LogP contribution in [0.15, 0.2) is 53.9 Å². The lowest BCUT2D eigenvalue weighted by Gasteiger charge is -2.04. The number of hydrogen-bond donors (Lipinski definition) is 2. The third kappa shape index (κ3) is 4.91. The van der Waals surface area contributed by atoms with Gasteiger partial charge in [-0.05, 0) is 30.3 Å². The summed E-state index contributed by atoms with van der Waals surface area (Å²) < 4.78 is 24.9. The average molecular weight is 398 g/mol. The Hall–Kier alpha value is -3.22. The molecule has 9 heteroatoms. The Balaban J connectivity index is 1.73. The third-order valence-electron chi connectivity index (χ3n) is 3.46. The maximum absolute atomic E-state index is 12.3. The SMILES string of the molecule is CS(=O)(=O)Nc1ccc(-c2csc(NC(=O)c3cccc(C#N)c3)n2)cc1. The van der Waals surface area contributed by atoms with E-state index in [0.717, 1.165) is 11.8 Å². The van der Waals surface area contributed by atoms with E-state index in [1.807, 2.05) is 6.07 Å². The zero-order valence-corrected chi connectivity index (χ0v) is 15.8. The van der Waals surface area contributed by atoms with E-state index >= 15 is 0 Å². The van der Waals surface area contributed by atoms with Crippen LogP contribution < -0.4 is 10.0 Å². The number of carbonyl (C=O) groups is 1. The molecule has 0 bridgehead atoms. The molecule has 1 aromatic heterocycles. The smallest absolute Gasteiger partial charge is 0.257 e. The van der Waals surface area contributed by atoms with Crippen molar-refractivity contribution in [1.29, 1.82) is 5.26 Å². The Morgan fingerprint density at radius 3 is 2.59 bits per heavy atom. The first-order valence-corrected chi connectivity index (χ1v) is 10.5. The minimum atomic E-state index is -3.33. The van der Waals surface area contributed by atoms with Crippen LogP contribution in [0.1, 0.15) is 15.9 Å². The molecule has 0 fully saturated rings. The van der Waals surface area contributed by atoms with Crippen molar-refractivity contribution in [2.24, 2.45) is 0 Å². The summed E-state index contributed by atoms with van der Waals surface area (Å²) >= 11 is 1.27. The van der Waals surface area contributed by atoms with Crippen LogP contribution in [0.5, 0.6) is 0 Å². The first-order chi connectivity index (χ1) is 12.8. The fourth-order valence-corrected chi connectivity index (χ4v) is 3.57. The fraction of sp³-hybridized carbons (Fsp3) is 0.0556. The highest BCUT2D eigenvalue weighted by Gasteiger charge is 2.11. The van der Waals surface area contributed by atoms with Gasteiger partial charge in [0.05, 0.1) is 23.6 Å². The molecule has 136 valence electrons. The number of thiazole rings is 1. The van der Waals surface area contributed by atoms with Gasteiger partial charge in [0, 0.05) is 22.2 Å². The Bertz CT molecular complexity index is 1130. The van der Waals surface area contributed by atoms with Crippen LogP contribution in [0.25, 0.3) is 11.3 Å². The molecule has 2 aromatic carbocycles. The summed E-state index contributed by atoms with van der Waals surface area (Å²) in [5.41, 5.74) is 2.69. The second kappa shape index (κ2) is 7.57. The molecule has 7 nitrogen and oxygen atoms in total. The predicted octanol–water partition coefficient (Wildman–Crippen LogP) is 3.31. The van der Waals surface area contributed by atoms with Gasteiger partial charge in [-0.3, -0.25) is 14.8 Å². The maximum atomic E-state index is 12.3. The number of hydrogen-bond acceptors (Lipinski definition) is 6. The average Bonchev–Trinajstić information content (AvgIpc) is 3.09. The van der Waals surface area contributed by atoms with Gasteiger partial charge in [-0.2, -0.15) is 5.26 Å². The maximum Gasteiger partial charge on any atom is 0.257 e. The molecular formula is C18H14N4O3S2. The molecule has 0 aliphatic heterocycles. The van der Waals surface area contributed by atoms with E-state index in [9.17, 15) is 13.2 Å². The van der Waals surface area contributed by atoms with Crippen LogP contribution in [-0.4, -0.2) is 25.6 Å². The summed E-state index contributed by atoms with van der Waals surface area (Å²) in [5, 5.41) is 13.8. The van der Waals surface area contributed by atoms with Crippen LogP contribution in [-0.2, 0) is 10.0 Å². The van der Waals surface area contributed by atoms with E-state index in [-0.39, 0.29) is 5.91 Å². The number of nitriles is 1. The van der Waals surface area contributed by atoms with Gasteiger partial charge in [-0.25, -0.2) is 13.4 Å². The molecule has 3 aromatic rings. The first kappa shape index (κ1) is 18.6. The minimum absolute atomic E-state index is 0.347. The summed E-state index contributed by atoms with van der Waals surface area (Å²) in [6, 6.07) is 15.2. The molecule has 27 heavy (non-hydrogen) atoms. The molecule has 0 spiro atoms. The highest BCUT2D eigenvalue weighted by molar-refractivity contribution is 7.92. The molecule has 1 heterocycles. The normalized spacial score (nSPS) is 10.8. The van der Waals surface area contributed by atoms with Gasteiger partial charge in [-0.1, -0.05) is 18.2 Å². The number of anilines is 2. The van der Waals surface area contributed by atoms with Crippen molar-refractivity contribution in [1.82, 2.24) is 4.98 Å². The molecule has 0 saturated carbocycles. The van der Waals surface area contributed by atoms with Gasteiger partial charge in [0.25, 0.3) is 5.91 Å². The molecule has 0 atom stereocenters. The fourth-order valence-electron chi connectivity index (χ4n) is 2.29. The van der Waals surface area contributed by atoms with Crippen molar-refractivity contribution in [3.05, 3.63) is 65.0 Å². The van der Waals surface area contributed by atoms with Crippen LogP contribution in [0.3, 0.4) is 0 Å². The minimum Gasteiger partial charge on any atom is -0.298 e. The Morgan fingerprint density at radius 2 is 1.93 bits per heavy atom. The first-order valence-electron chi connectivity index (χ1n) is 7.69. The van der Waals surface area contributed by atoms with Gasteiger partial charge in [-0.15, -0.1) is 11.3 Å². The van der Waals surface area contributed by atoms with Gasteiger partial charge in [0.15, 0.2) is 5.13 Å². The number of nitrogens with one attached hydrogen (secondary N) is 2. The molecule has 0 radical (unpaired) electrons. The summed E-state index contributed by atoms with van der Waals surface area (Å²) in [5.74, 6) is -0.347. The summed E-state index contributed by atoms with van der Waals surface area (Å²) in [6.45, 7) is 0. The second-order valence-corrected chi connectivity index (χ2v) is 8.24. The van der Waals surface area contributed by atoms with E-state index in [0.29, 0.717) is 27.6 Å². The number of carbonyl (C=O) groups excluding carboxylic acids is 1. The number of benzene rings is 2. The van der Waals surface area contributed by atoms with Crippen molar-refractivity contribution in [3.63, 3.8) is 0 Å². The molecule has 0 saturated heterocycles. The summed E-state index contributed by atoms with van der Waals surface area (Å²) in [6.07, 6.45) is 1.09. The van der Waals surface area contributed by atoms with Crippen molar-refractivity contribution >= 4 is 38.1 Å². The molecule has 1 amide bonds. The van der Waals surface area contributed by atoms with Crippen LogP contribution >= 0.6 is 11.3 Å². The quantitative estimate of drug-likeness (QED) is 0.685. The molecular weight excluding hydrogens is 384 g/mol. The van der Waals surface area contributed by atoms with E-state index in [1.165, 1.54) is 17.4 Å². The summed E-state index contributed by atoms with van der Waals surface area (Å²) in [4.78, 5) is 16.7. The molecule has 2 N–H and O–H groups in total. The van der Waals surface area contributed by atoms with Gasteiger partial charge >= 0.3 is 0 Å². The number of aromatic nitrogens is 1. The lowest BCUT2D eigenvalue weighted by molar-refractivity contribution is 0.102. The lowest BCUT2D eigenvalue weighted by atomic mass is 10.1. The number of nitrogens with zero attached hydrogens (tertiary/aromatic N) is 2. The lowest BCUT2D eigenvalue weighted by Crippen LogP contribution is -2.11. The topological polar surface area (TPSA) is 112 Å². The van der Waals surface area contributed by atoms with Crippen LogP contribution in [0, 0.1) is 11.3 Å². The molecule has 0 aliphatic rings. The van der Waals surface area contributed by atoms with Crippen LogP contribution in [0.2, 0.25) is 0 Å². The Kier molecular flexibility index (Phi) is 5.21. The van der Waals surface area contributed by atoms with Crippen molar-refractivity contribution < 1.29 is 13.2 Å². The number of rotatable bonds is 5. The van der Waals surface area contributed by atoms with E-state index in [4.69, 9.17) is 5.26 Å². The van der Waals surface area contributed by atoms with Crippen molar-refractivity contribution in [3.8, 4) is 17.3 Å².